The first-order valence-corrected chi connectivity index (χ1v) is 15.4. The number of carbonyl (C=O) groups is 2. The maximum Gasteiger partial charge on any atom is 0.291 e. The fourth-order valence-corrected chi connectivity index (χ4v) is 6.47. The summed E-state index contributed by atoms with van der Waals surface area (Å²) >= 11 is 0. The average Bonchev–Trinajstić information content (AvgIpc) is 3.05. The minimum atomic E-state index is -0.485. The Balaban J connectivity index is 1.13. The Labute approximate surface area is 252 Å². The number of ether oxygens (including phenoxy) is 1. The highest BCUT2D eigenvalue weighted by Crippen LogP contribution is 2.32. The Hall–Kier alpha value is -4.05. The number of fused-ring (bicyclic) bond motifs is 1. The van der Waals surface area contributed by atoms with E-state index in [1.807, 2.05) is 35.2 Å². The number of amides is 2. The van der Waals surface area contributed by atoms with Gasteiger partial charge in [-0.15, -0.1) is 0 Å². The standard InChI is InChI=1S/C33H41N5O5/c1-35-12-14-37(15-13-35)28-21-26(42-2)20-27-29(39)22-30(43-31(27)28)32(40)34-24-8-10-25(11-9-24)36-16-18-38(19-17-36)33(41)23-6-4-3-5-7-23/h8-11,20-23H,3-7,12-19H2,1-2H3,(H,34,40). The van der Waals surface area contributed by atoms with Crippen molar-refractivity contribution in [1.29, 1.82) is 0 Å². The number of hydrogen-bond donors (Lipinski definition) is 1. The number of piperazine rings is 2. The highest BCUT2D eigenvalue weighted by molar-refractivity contribution is 6.03. The molecule has 1 saturated carbocycles. The fourth-order valence-electron chi connectivity index (χ4n) is 6.47. The van der Waals surface area contributed by atoms with E-state index in [-0.39, 0.29) is 17.1 Å². The molecule has 3 heterocycles. The Morgan fingerprint density at radius 1 is 0.860 bits per heavy atom. The van der Waals surface area contributed by atoms with Crippen LogP contribution in [0.15, 0.2) is 51.7 Å². The zero-order valence-corrected chi connectivity index (χ0v) is 25.1. The van der Waals surface area contributed by atoms with Crippen LogP contribution in [0.5, 0.6) is 5.75 Å². The molecule has 0 unspecified atom stereocenters. The van der Waals surface area contributed by atoms with E-state index >= 15 is 0 Å². The van der Waals surface area contributed by atoms with Crippen LogP contribution < -0.4 is 25.3 Å². The third-order valence-corrected chi connectivity index (χ3v) is 9.12. The summed E-state index contributed by atoms with van der Waals surface area (Å²) in [7, 11) is 3.65. The molecule has 228 valence electrons. The van der Waals surface area contributed by atoms with Gasteiger partial charge in [0.25, 0.3) is 5.91 Å². The Bertz CT molecular complexity index is 1520. The van der Waals surface area contributed by atoms with Crippen LogP contribution in [0.1, 0.15) is 42.7 Å². The molecular formula is C33H41N5O5. The first-order valence-electron chi connectivity index (χ1n) is 15.4. The maximum absolute atomic E-state index is 13.2. The van der Waals surface area contributed by atoms with Crippen molar-refractivity contribution in [1.82, 2.24) is 9.80 Å². The number of methoxy groups -OCH3 is 1. The number of nitrogens with one attached hydrogen (secondary N) is 1. The van der Waals surface area contributed by atoms with Crippen molar-refractivity contribution in [3.05, 3.63) is 58.4 Å². The second-order valence-electron chi connectivity index (χ2n) is 11.9. The molecule has 2 aromatic carbocycles. The molecule has 6 rings (SSSR count). The molecule has 0 bridgehead atoms. The number of carbonyl (C=O) groups excluding carboxylic acids is 2. The molecule has 1 aliphatic carbocycles. The van der Waals surface area contributed by atoms with E-state index in [0.717, 1.165) is 76.6 Å². The Morgan fingerprint density at radius 3 is 2.21 bits per heavy atom. The zero-order chi connectivity index (χ0) is 29.9. The van der Waals surface area contributed by atoms with Gasteiger partial charge in [-0.1, -0.05) is 19.3 Å². The average molecular weight is 588 g/mol. The molecule has 10 nitrogen and oxygen atoms in total. The monoisotopic (exact) mass is 587 g/mol. The van der Waals surface area contributed by atoms with Crippen molar-refractivity contribution in [2.75, 3.05) is 81.6 Å². The molecule has 1 aromatic heterocycles. The smallest absolute Gasteiger partial charge is 0.291 e. The third-order valence-electron chi connectivity index (χ3n) is 9.12. The number of likely N-dealkylation sites (N-methyl/N-ethyl adjacent to an activating group) is 1. The molecule has 3 fully saturated rings. The summed E-state index contributed by atoms with van der Waals surface area (Å²) in [5.74, 6) is 0.579. The number of benzene rings is 2. The van der Waals surface area contributed by atoms with E-state index in [4.69, 9.17) is 9.15 Å². The molecular weight excluding hydrogens is 546 g/mol. The summed E-state index contributed by atoms with van der Waals surface area (Å²) in [6, 6.07) is 12.4. The topological polar surface area (TPSA) is 98.6 Å². The second kappa shape index (κ2) is 12.7. The van der Waals surface area contributed by atoms with Gasteiger partial charge < -0.3 is 34.1 Å². The normalized spacial score (nSPS) is 18.6. The van der Waals surface area contributed by atoms with Crippen molar-refractivity contribution in [2.45, 2.75) is 32.1 Å². The molecule has 1 N–H and O–H groups in total. The first-order chi connectivity index (χ1) is 20.9. The van der Waals surface area contributed by atoms with Crippen LogP contribution in [0.25, 0.3) is 11.0 Å². The van der Waals surface area contributed by atoms with E-state index in [1.54, 1.807) is 13.2 Å². The van der Waals surface area contributed by atoms with Gasteiger partial charge >= 0.3 is 0 Å². The van der Waals surface area contributed by atoms with Crippen molar-refractivity contribution < 1.29 is 18.7 Å². The summed E-state index contributed by atoms with van der Waals surface area (Å²) in [6.45, 7) is 6.35. The molecule has 10 heteroatoms. The SMILES string of the molecule is COc1cc(N2CCN(C)CC2)c2oc(C(=O)Nc3ccc(N4CCN(C(=O)C5CCCCC5)CC4)cc3)cc(=O)c2c1. The van der Waals surface area contributed by atoms with Gasteiger partial charge in [0.15, 0.2) is 16.8 Å². The van der Waals surface area contributed by atoms with E-state index in [1.165, 1.54) is 25.3 Å². The van der Waals surface area contributed by atoms with Crippen LogP contribution >= 0.6 is 0 Å². The largest absolute Gasteiger partial charge is 0.497 e. The zero-order valence-electron chi connectivity index (χ0n) is 25.1. The molecule has 2 aliphatic heterocycles. The van der Waals surface area contributed by atoms with E-state index in [2.05, 4.69) is 27.1 Å². The van der Waals surface area contributed by atoms with Gasteiger partial charge in [0.2, 0.25) is 5.91 Å². The molecule has 0 radical (unpaired) electrons. The highest BCUT2D eigenvalue weighted by Gasteiger charge is 2.28. The van der Waals surface area contributed by atoms with Gasteiger partial charge in [-0.25, -0.2) is 0 Å². The molecule has 3 aliphatic rings. The van der Waals surface area contributed by atoms with Crippen LogP contribution in [0.4, 0.5) is 17.1 Å². The highest BCUT2D eigenvalue weighted by atomic mass is 16.5. The summed E-state index contributed by atoms with van der Waals surface area (Å²) in [6.07, 6.45) is 5.64. The number of anilines is 3. The minimum Gasteiger partial charge on any atom is -0.497 e. The number of rotatable bonds is 6. The van der Waals surface area contributed by atoms with Gasteiger partial charge in [-0.05, 0) is 50.2 Å². The summed E-state index contributed by atoms with van der Waals surface area (Å²) in [4.78, 5) is 48.0. The molecule has 2 amide bonds. The predicted octanol–water partition coefficient (Wildman–Crippen LogP) is 4.03. The lowest BCUT2D eigenvalue weighted by atomic mass is 9.88. The second-order valence-corrected chi connectivity index (χ2v) is 11.9. The van der Waals surface area contributed by atoms with Crippen LogP contribution in [0, 0.1) is 5.92 Å². The van der Waals surface area contributed by atoms with E-state index < -0.39 is 5.91 Å². The lowest BCUT2D eigenvalue weighted by molar-refractivity contribution is -0.136. The minimum absolute atomic E-state index is 0.0409. The van der Waals surface area contributed by atoms with Crippen molar-refractivity contribution in [3.8, 4) is 5.75 Å². The summed E-state index contributed by atoms with van der Waals surface area (Å²) in [5.41, 5.74) is 2.50. The van der Waals surface area contributed by atoms with Crippen molar-refractivity contribution in [3.63, 3.8) is 0 Å². The van der Waals surface area contributed by atoms with Gasteiger partial charge in [0.1, 0.15) is 5.75 Å². The molecule has 2 saturated heterocycles. The van der Waals surface area contributed by atoms with E-state index in [9.17, 15) is 14.4 Å². The summed E-state index contributed by atoms with van der Waals surface area (Å²) in [5, 5.41) is 3.26. The third kappa shape index (κ3) is 6.34. The fraction of sp³-hybridized carbons (Fsp3) is 0.485. The lowest BCUT2D eigenvalue weighted by Crippen LogP contribution is -2.50. The maximum atomic E-state index is 13.2. The Kier molecular flexibility index (Phi) is 8.56. The van der Waals surface area contributed by atoms with Gasteiger partial charge in [-0.2, -0.15) is 0 Å². The first kappa shape index (κ1) is 29.0. The van der Waals surface area contributed by atoms with Gasteiger partial charge in [0, 0.05) is 81.8 Å². The van der Waals surface area contributed by atoms with Gasteiger partial charge in [-0.3, -0.25) is 14.4 Å². The molecule has 0 atom stereocenters. The van der Waals surface area contributed by atoms with Crippen LogP contribution in [-0.2, 0) is 4.79 Å². The van der Waals surface area contributed by atoms with Crippen molar-refractivity contribution in [2.24, 2.45) is 5.92 Å². The van der Waals surface area contributed by atoms with Crippen LogP contribution in [-0.4, -0.2) is 88.1 Å². The molecule has 0 spiro atoms. The quantitative estimate of drug-likeness (QED) is 0.462. The Morgan fingerprint density at radius 2 is 1.53 bits per heavy atom. The predicted molar refractivity (Wildman–Crippen MR) is 169 cm³/mol. The number of nitrogens with zero attached hydrogens (tertiary/aromatic N) is 4. The number of hydrogen-bond acceptors (Lipinski definition) is 8. The van der Waals surface area contributed by atoms with Crippen LogP contribution in [0.3, 0.4) is 0 Å². The molecule has 3 aromatic rings. The molecule has 43 heavy (non-hydrogen) atoms. The van der Waals surface area contributed by atoms with E-state index in [0.29, 0.717) is 28.3 Å². The van der Waals surface area contributed by atoms with Crippen molar-refractivity contribution >= 4 is 39.8 Å². The lowest BCUT2D eigenvalue weighted by Gasteiger charge is -2.38. The summed E-state index contributed by atoms with van der Waals surface area (Å²) < 4.78 is 11.6. The van der Waals surface area contributed by atoms with Gasteiger partial charge in [0.05, 0.1) is 18.2 Å². The van der Waals surface area contributed by atoms with Crippen LogP contribution in [0.2, 0.25) is 0 Å².